The first-order chi connectivity index (χ1) is 13.1. The molecule has 0 unspecified atom stereocenters. The van der Waals surface area contributed by atoms with Crippen molar-refractivity contribution >= 4 is 17.2 Å². The van der Waals surface area contributed by atoms with Crippen molar-refractivity contribution < 1.29 is 9.18 Å². The largest absolute Gasteiger partial charge is 0.338 e. The van der Waals surface area contributed by atoms with Crippen LogP contribution in [0.15, 0.2) is 35.3 Å². The third-order valence-electron chi connectivity index (χ3n) is 4.89. The highest BCUT2D eigenvalue weighted by molar-refractivity contribution is 5.87. The molecule has 0 aliphatic carbocycles. The fourth-order valence-corrected chi connectivity index (χ4v) is 3.27. The van der Waals surface area contributed by atoms with E-state index in [0.717, 1.165) is 16.6 Å². The van der Waals surface area contributed by atoms with Gasteiger partial charge in [-0.3, -0.25) is 4.57 Å². The summed E-state index contributed by atoms with van der Waals surface area (Å²) in [6, 6.07) is 6.06. The third kappa shape index (κ3) is 3.11. The van der Waals surface area contributed by atoms with Crippen LogP contribution in [0.5, 0.6) is 0 Å². The zero-order valence-corrected chi connectivity index (χ0v) is 15.1. The lowest BCUT2D eigenvalue weighted by atomic mass is 10.1. The predicted molar refractivity (Wildman–Crippen MR) is 98.3 cm³/mol. The summed E-state index contributed by atoms with van der Waals surface area (Å²) in [6.07, 6.45) is 3.60. The number of fused-ring (bicyclic) bond motifs is 1. The fraction of sp³-hybridized carbons (Fsp3) is 0.368. The quantitative estimate of drug-likeness (QED) is 0.707. The van der Waals surface area contributed by atoms with Crippen LogP contribution in [0.3, 0.4) is 0 Å². The number of amides is 1. The van der Waals surface area contributed by atoms with Gasteiger partial charge in [0.2, 0.25) is 0 Å². The smallest absolute Gasteiger partial charge is 0.324 e. The zero-order chi connectivity index (χ0) is 19.0. The van der Waals surface area contributed by atoms with Crippen molar-refractivity contribution in [1.29, 1.82) is 0 Å². The van der Waals surface area contributed by atoms with Gasteiger partial charge < -0.3 is 4.90 Å². The number of benzene rings is 1. The molecule has 8 heteroatoms. The van der Waals surface area contributed by atoms with Crippen molar-refractivity contribution in [2.75, 3.05) is 13.1 Å². The molecule has 3 heterocycles. The van der Waals surface area contributed by atoms with E-state index in [1.807, 2.05) is 13.0 Å². The second-order valence-electron chi connectivity index (χ2n) is 6.61. The molecule has 0 spiro atoms. The second-order valence-corrected chi connectivity index (χ2v) is 6.61. The molecule has 0 atom stereocenters. The van der Waals surface area contributed by atoms with Crippen LogP contribution in [0, 0.1) is 5.82 Å². The minimum atomic E-state index is -0.388. The summed E-state index contributed by atoms with van der Waals surface area (Å²) in [7, 11) is 0. The van der Waals surface area contributed by atoms with Crippen molar-refractivity contribution in [1.82, 2.24) is 24.0 Å². The molecule has 1 aromatic carbocycles. The minimum Gasteiger partial charge on any atom is -0.324 e. The Labute approximate surface area is 155 Å². The summed E-state index contributed by atoms with van der Waals surface area (Å²) in [6.45, 7) is 3.59. The van der Waals surface area contributed by atoms with Gasteiger partial charge in [0.1, 0.15) is 17.2 Å². The maximum absolute atomic E-state index is 13.3. The van der Waals surface area contributed by atoms with Gasteiger partial charge in [-0.1, -0.05) is 12.1 Å². The van der Waals surface area contributed by atoms with E-state index in [9.17, 15) is 14.0 Å². The molecule has 1 fully saturated rings. The van der Waals surface area contributed by atoms with Gasteiger partial charge in [0.05, 0.1) is 6.20 Å². The second kappa shape index (κ2) is 6.94. The third-order valence-corrected chi connectivity index (χ3v) is 4.89. The molecular weight excluding hydrogens is 349 g/mol. The predicted octanol–water partition coefficient (Wildman–Crippen LogP) is 2.21. The van der Waals surface area contributed by atoms with Crippen LogP contribution in [-0.4, -0.2) is 43.1 Å². The first kappa shape index (κ1) is 17.4. The highest BCUT2D eigenvalue weighted by Gasteiger charge is 2.27. The van der Waals surface area contributed by atoms with Crippen LogP contribution in [0.4, 0.5) is 9.18 Å². The number of rotatable bonds is 4. The van der Waals surface area contributed by atoms with E-state index in [1.165, 1.54) is 16.7 Å². The molecular formula is C19H20FN5O2. The fourth-order valence-electron chi connectivity index (χ4n) is 3.27. The number of imidazole rings is 1. The topological polar surface area (TPSA) is 73.0 Å². The van der Waals surface area contributed by atoms with Crippen LogP contribution in [0.1, 0.15) is 24.7 Å². The van der Waals surface area contributed by atoms with Crippen molar-refractivity contribution in [3.8, 4) is 0 Å². The Balaban J connectivity index is 1.69. The first-order valence-electron chi connectivity index (χ1n) is 9.09. The molecule has 140 valence electrons. The lowest BCUT2D eigenvalue weighted by molar-refractivity contribution is 0.169. The normalized spacial score (nSPS) is 13.8. The van der Waals surface area contributed by atoms with Gasteiger partial charge in [-0.2, -0.15) is 4.57 Å². The van der Waals surface area contributed by atoms with E-state index in [-0.39, 0.29) is 17.5 Å². The van der Waals surface area contributed by atoms with Gasteiger partial charge in [-0.05, 0) is 37.5 Å². The Hall–Kier alpha value is -3.03. The molecule has 2 aromatic heterocycles. The zero-order valence-electron chi connectivity index (χ0n) is 15.1. The lowest BCUT2D eigenvalue weighted by Crippen LogP contribution is -2.47. The van der Waals surface area contributed by atoms with Gasteiger partial charge in [-0.15, -0.1) is 0 Å². The van der Waals surface area contributed by atoms with Gasteiger partial charge in [0, 0.05) is 26.1 Å². The highest BCUT2D eigenvalue weighted by atomic mass is 19.1. The van der Waals surface area contributed by atoms with E-state index >= 15 is 0 Å². The average molecular weight is 369 g/mol. The van der Waals surface area contributed by atoms with Gasteiger partial charge in [0.25, 0.3) is 0 Å². The van der Waals surface area contributed by atoms with Crippen LogP contribution >= 0.6 is 0 Å². The van der Waals surface area contributed by atoms with Crippen molar-refractivity contribution in [2.24, 2.45) is 0 Å². The molecule has 4 rings (SSSR count). The number of hydrogen-bond donors (Lipinski definition) is 0. The summed E-state index contributed by atoms with van der Waals surface area (Å²) < 4.78 is 16.0. The molecule has 3 aromatic rings. The number of nitrogens with zero attached hydrogens (tertiary/aromatic N) is 5. The first-order valence-corrected chi connectivity index (χ1v) is 9.09. The lowest BCUT2D eigenvalue weighted by Gasteiger charge is -2.30. The van der Waals surface area contributed by atoms with Crippen LogP contribution in [-0.2, 0) is 19.4 Å². The van der Waals surface area contributed by atoms with Crippen molar-refractivity contribution in [2.45, 2.75) is 32.7 Å². The molecule has 27 heavy (non-hydrogen) atoms. The molecule has 0 saturated carbocycles. The molecule has 1 saturated heterocycles. The van der Waals surface area contributed by atoms with Crippen molar-refractivity contribution in [3.63, 3.8) is 0 Å². The molecule has 1 aliphatic heterocycles. The van der Waals surface area contributed by atoms with E-state index in [4.69, 9.17) is 0 Å². The number of carbonyl (C=O) groups is 1. The Morgan fingerprint density at radius 2 is 2.07 bits per heavy atom. The molecule has 0 N–H and O–H groups in total. The van der Waals surface area contributed by atoms with Crippen LogP contribution < -0.4 is 5.69 Å². The van der Waals surface area contributed by atoms with E-state index in [0.29, 0.717) is 49.5 Å². The van der Waals surface area contributed by atoms with Crippen molar-refractivity contribution in [3.05, 3.63) is 58.2 Å². The summed E-state index contributed by atoms with van der Waals surface area (Å²) in [5.41, 5.74) is 1.34. The molecule has 0 radical (unpaired) electrons. The van der Waals surface area contributed by atoms with Gasteiger partial charge in [0.15, 0.2) is 5.65 Å². The number of halogens is 1. The minimum absolute atomic E-state index is 0.280. The van der Waals surface area contributed by atoms with Crippen LogP contribution in [0.2, 0.25) is 0 Å². The molecule has 1 amide bonds. The van der Waals surface area contributed by atoms with Gasteiger partial charge in [-0.25, -0.2) is 23.9 Å². The summed E-state index contributed by atoms with van der Waals surface area (Å²) in [5.74, 6) is 0.239. The molecule has 0 bridgehead atoms. The molecule has 7 nitrogen and oxygen atoms in total. The standard InChI is InChI=1S/C19H20FN5O2/c1-2-24-15-12-21-16(8-7-13-5-3-6-14(20)11-13)22-17(15)25(19(24)27)18(26)23-9-4-10-23/h3,5-6,11-12H,2,4,7-10H2,1H3. The van der Waals surface area contributed by atoms with E-state index < -0.39 is 0 Å². The maximum atomic E-state index is 13.3. The average Bonchev–Trinajstić information content (AvgIpc) is 2.89. The highest BCUT2D eigenvalue weighted by Crippen LogP contribution is 2.15. The number of aromatic nitrogens is 4. The van der Waals surface area contributed by atoms with E-state index in [2.05, 4.69) is 9.97 Å². The monoisotopic (exact) mass is 369 g/mol. The number of aryl methyl sites for hydroxylation is 3. The Kier molecular flexibility index (Phi) is 4.47. The Morgan fingerprint density at radius 1 is 1.26 bits per heavy atom. The van der Waals surface area contributed by atoms with Gasteiger partial charge >= 0.3 is 11.7 Å². The maximum Gasteiger partial charge on any atom is 0.338 e. The number of hydrogen-bond acceptors (Lipinski definition) is 4. The Bertz CT molecular complexity index is 1070. The Morgan fingerprint density at radius 3 is 2.74 bits per heavy atom. The summed E-state index contributed by atoms with van der Waals surface area (Å²) in [4.78, 5) is 35.9. The summed E-state index contributed by atoms with van der Waals surface area (Å²) >= 11 is 0. The van der Waals surface area contributed by atoms with E-state index in [1.54, 1.807) is 17.2 Å². The molecule has 1 aliphatic rings. The van der Waals surface area contributed by atoms with Crippen LogP contribution in [0.25, 0.3) is 11.2 Å². The number of carbonyl (C=O) groups excluding carboxylic acids is 1. The number of likely N-dealkylation sites (tertiary alicyclic amines) is 1. The summed E-state index contributed by atoms with van der Waals surface area (Å²) in [5, 5.41) is 0. The SMILES string of the molecule is CCn1c(=O)n(C(=O)N2CCC2)c2nc(CCc3cccc(F)c3)ncc21.